The van der Waals surface area contributed by atoms with Crippen molar-refractivity contribution < 1.29 is 9.50 Å². The second-order valence-electron chi connectivity index (χ2n) is 3.98. The topological polar surface area (TPSA) is 23.5 Å². The first kappa shape index (κ1) is 12.7. The van der Waals surface area contributed by atoms with Gasteiger partial charge in [-0.25, -0.2) is 4.39 Å². The van der Waals surface area contributed by atoms with Gasteiger partial charge in [0.15, 0.2) is 0 Å². The van der Waals surface area contributed by atoms with E-state index in [9.17, 15) is 4.39 Å². The molecule has 0 saturated carbocycles. The maximum atomic E-state index is 13.8. The molecule has 0 aliphatic rings. The van der Waals surface area contributed by atoms with Crippen LogP contribution in [0.3, 0.4) is 0 Å². The summed E-state index contributed by atoms with van der Waals surface area (Å²) in [5, 5.41) is 8.91. The fourth-order valence-corrected chi connectivity index (χ4v) is 1.61. The van der Waals surface area contributed by atoms with Gasteiger partial charge < -0.3 is 10.0 Å². The van der Waals surface area contributed by atoms with E-state index < -0.39 is 0 Å². The predicted molar refractivity (Wildman–Crippen MR) is 65.0 cm³/mol. The van der Waals surface area contributed by atoms with Gasteiger partial charge in [0.25, 0.3) is 0 Å². The Labute approximate surface area is 96.0 Å². The highest BCUT2D eigenvalue weighted by molar-refractivity contribution is 5.50. The van der Waals surface area contributed by atoms with Crippen molar-refractivity contribution in [2.24, 2.45) is 0 Å². The molecule has 88 valence electrons. The lowest BCUT2D eigenvalue weighted by molar-refractivity contribution is 0.281. The van der Waals surface area contributed by atoms with Crippen LogP contribution in [0.15, 0.2) is 30.9 Å². The van der Waals surface area contributed by atoms with Crippen molar-refractivity contribution in [1.82, 2.24) is 0 Å². The van der Waals surface area contributed by atoms with Crippen molar-refractivity contribution in [2.45, 2.75) is 26.5 Å². The van der Waals surface area contributed by atoms with Gasteiger partial charge in [-0.1, -0.05) is 12.1 Å². The standard InChI is InChI=1S/C13H18FNO/c1-4-7-15(10(2)3)13-6-5-11(9-16)8-12(13)14/h4-6,8,10,16H,1,7,9H2,2-3H3. The van der Waals surface area contributed by atoms with Gasteiger partial charge in [0.2, 0.25) is 0 Å². The van der Waals surface area contributed by atoms with Crippen LogP contribution in [0.2, 0.25) is 0 Å². The fourth-order valence-electron chi connectivity index (χ4n) is 1.61. The SMILES string of the molecule is C=CCN(c1ccc(CO)cc1F)C(C)C. The summed E-state index contributed by atoms with van der Waals surface area (Å²) < 4.78 is 13.8. The zero-order valence-electron chi connectivity index (χ0n) is 9.78. The lowest BCUT2D eigenvalue weighted by Crippen LogP contribution is -2.31. The maximum Gasteiger partial charge on any atom is 0.146 e. The minimum absolute atomic E-state index is 0.139. The van der Waals surface area contributed by atoms with E-state index in [0.29, 0.717) is 17.8 Å². The normalized spacial score (nSPS) is 10.6. The van der Waals surface area contributed by atoms with E-state index in [1.165, 1.54) is 6.07 Å². The molecular weight excluding hydrogens is 205 g/mol. The van der Waals surface area contributed by atoms with Crippen molar-refractivity contribution in [2.75, 3.05) is 11.4 Å². The zero-order valence-corrected chi connectivity index (χ0v) is 9.78. The number of hydrogen-bond donors (Lipinski definition) is 1. The summed E-state index contributed by atoms with van der Waals surface area (Å²) in [4.78, 5) is 1.92. The van der Waals surface area contributed by atoms with Crippen LogP contribution in [0.25, 0.3) is 0 Å². The molecule has 0 spiro atoms. The molecule has 0 amide bonds. The molecule has 0 aliphatic heterocycles. The summed E-state index contributed by atoms with van der Waals surface area (Å²) in [5.41, 5.74) is 1.13. The second-order valence-corrected chi connectivity index (χ2v) is 3.98. The Kier molecular flexibility index (Phi) is 4.50. The monoisotopic (exact) mass is 223 g/mol. The number of hydrogen-bond acceptors (Lipinski definition) is 2. The summed E-state index contributed by atoms with van der Waals surface area (Å²) >= 11 is 0. The highest BCUT2D eigenvalue weighted by Gasteiger charge is 2.13. The molecule has 3 heteroatoms. The molecule has 16 heavy (non-hydrogen) atoms. The first-order valence-electron chi connectivity index (χ1n) is 5.37. The first-order valence-corrected chi connectivity index (χ1v) is 5.37. The van der Waals surface area contributed by atoms with Crippen LogP contribution in [0.5, 0.6) is 0 Å². The zero-order chi connectivity index (χ0) is 12.1. The van der Waals surface area contributed by atoms with Gasteiger partial charge in [-0.15, -0.1) is 6.58 Å². The fraction of sp³-hybridized carbons (Fsp3) is 0.385. The number of halogens is 1. The lowest BCUT2D eigenvalue weighted by Gasteiger charge is -2.28. The molecule has 2 nitrogen and oxygen atoms in total. The molecular formula is C13H18FNO. The average Bonchev–Trinajstić information content (AvgIpc) is 2.26. The van der Waals surface area contributed by atoms with Gasteiger partial charge in [0.05, 0.1) is 12.3 Å². The van der Waals surface area contributed by atoms with Crippen LogP contribution in [-0.4, -0.2) is 17.7 Å². The highest BCUT2D eigenvalue weighted by Crippen LogP contribution is 2.22. The third-order valence-electron chi connectivity index (χ3n) is 2.45. The van der Waals surface area contributed by atoms with Gasteiger partial charge in [-0.3, -0.25) is 0 Å². The van der Waals surface area contributed by atoms with Gasteiger partial charge in [0.1, 0.15) is 5.82 Å². The Morgan fingerprint density at radius 3 is 2.62 bits per heavy atom. The summed E-state index contributed by atoms with van der Waals surface area (Å²) in [6.07, 6.45) is 1.75. The molecule has 0 heterocycles. The maximum absolute atomic E-state index is 13.8. The lowest BCUT2D eigenvalue weighted by atomic mass is 10.1. The van der Waals surface area contributed by atoms with E-state index in [-0.39, 0.29) is 18.5 Å². The van der Waals surface area contributed by atoms with E-state index in [1.54, 1.807) is 18.2 Å². The second kappa shape index (κ2) is 5.66. The molecule has 0 saturated heterocycles. The Balaban J connectivity index is 3.04. The van der Waals surface area contributed by atoms with Crippen molar-refractivity contribution in [3.8, 4) is 0 Å². The predicted octanol–water partition coefficient (Wildman–Crippen LogP) is 2.72. The van der Waals surface area contributed by atoms with E-state index in [1.807, 2.05) is 18.7 Å². The summed E-state index contributed by atoms with van der Waals surface area (Å²) in [6, 6.07) is 5.00. The molecule has 1 N–H and O–H groups in total. The minimum Gasteiger partial charge on any atom is -0.392 e. The van der Waals surface area contributed by atoms with E-state index in [4.69, 9.17) is 5.11 Å². The van der Waals surface area contributed by atoms with Crippen LogP contribution in [-0.2, 0) is 6.61 Å². The molecule has 0 unspecified atom stereocenters. The van der Waals surface area contributed by atoms with Gasteiger partial charge in [-0.2, -0.15) is 0 Å². The third kappa shape index (κ3) is 2.83. The smallest absolute Gasteiger partial charge is 0.146 e. The number of aliphatic hydroxyl groups excluding tert-OH is 1. The van der Waals surface area contributed by atoms with Crippen LogP contribution in [0, 0.1) is 5.82 Å². The number of aliphatic hydroxyl groups is 1. The van der Waals surface area contributed by atoms with Crippen molar-refractivity contribution in [3.63, 3.8) is 0 Å². The number of benzene rings is 1. The van der Waals surface area contributed by atoms with Gasteiger partial charge in [-0.05, 0) is 31.5 Å². The summed E-state index contributed by atoms with van der Waals surface area (Å²) in [6.45, 7) is 8.14. The Bertz CT molecular complexity index is 363. The van der Waals surface area contributed by atoms with Crippen LogP contribution < -0.4 is 4.90 Å². The van der Waals surface area contributed by atoms with Crippen LogP contribution >= 0.6 is 0 Å². The van der Waals surface area contributed by atoms with E-state index in [0.717, 1.165) is 0 Å². The van der Waals surface area contributed by atoms with E-state index >= 15 is 0 Å². The summed E-state index contributed by atoms with van der Waals surface area (Å²) in [7, 11) is 0. The molecule has 1 aromatic rings. The highest BCUT2D eigenvalue weighted by atomic mass is 19.1. The molecule has 0 aromatic heterocycles. The number of nitrogens with zero attached hydrogens (tertiary/aromatic N) is 1. The van der Waals surface area contributed by atoms with Crippen LogP contribution in [0.1, 0.15) is 19.4 Å². The first-order chi connectivity index (χ1) is 7.60. The molecule has 0 radical (unpaired) electrons. The van der Waals surface area contributed by atoms with Crippen LogP contribution in [0.4, 0.5) is 10.1 Å². The number of anilines is 1. The number of rotatable bonds is 5. The van der Waals surface area contributed by atoms with E-state index in [2.05, 4.69) is 6.58 Å². The molecule has 0 aliphatic carbocycles. The van der Waals surface area contributed by atoms with Gasteiger partial charge in [0, 0.05) is 12.6 Å². The average molecular weight is 223 g/mol. The summed E-state index contributed by atoms with van der Waals surface area (Å²) in [5.74, 6) is -0.304. The Hall–Kier alpha value is -1.35. The molecule has 1 rings (SSSR count). The molecule has 0 bridgehead atoms. The van der Waals surface area contributed by atoms with Gasteiger partial charge >= 0.3 is 0 Å². The Morgan fingerprint density at radius 2 is 2.19 bits per heavy atom. The van der Waals surface area contributed by atoms with Crippen molar-refractivity contribution in [1.29, 1.82) is 0 Å². The third-order valence-corrected chi connectivity index (χ3v) is 2.45. The minimum atomic E-state index is -0.304. The molecule has 0 fully saturated rings. The largest absolute Gasteiger partial charge is 0.392 e. The Morgan fingerprint density at radius 1 is 1.50 bits per heavy atom. The van der Waals surface area contributed by atoms with Crippen molar-refractivity contribution >= 4 is 5.69 Å². The quantitative estimate of drug-likeness (QED) is 0.776. The molecule has 0 atom stereocenters. The molecule has 1 aromatic carbocycles. The van der Waals surface area contributed by atoms with Crippen molar-refractivity contribution in [3.05, 3.63) is 42.2 Å².